The second-order valence-electron chi connectivity index (χ2n) is 6.09. The van der Waals surface area contributed by atoms with Crippen LogP contribution in [0.4, 0.5) is 0 Å². The number of guanidine groups is 1. The van der Waals surface area contributed by atoms with Crippen molar-refractivity contribution in [3.63, 3.8) is 0 Å². The Hall–Kier alpha value is -3.31. The fourth-order valence-electron chi connectivity index (χ4n) is 3.00. The van der Waals surface area contributed by atoms with Crippen molar-refractivity contribution < 1.29 is 4.79 Å². The van der Waals surface area contributed by atoms with Gasteiger partial charge in [0.15, 0.2) is 5.96 Å². The fourth-order valence-corrected chi connectivity index (χ4v) is 3.00. The van der Waals surface area contributed by atoms with Gasteiger partial charge in [-0.15, -0.1) is 12.4 Å². The Morgan fingerprint density at radius 2 is 1.74 bits per heavy atom. The maximum absolute atomic E-state index is 12.4. The fraction of sp³-hybridized carbons (Fsp3) is 0.0476. The number of nitrogens with two attached hydrogens (primary N) is 1. The van der Waals surface area contributed by atoms with Gasteiger partial charge in [0.2, 0.25) is 0 Å². The first-order chi connectivity index (χ1) is 12.7. The summed E-state index contributed by atoms with van der Waals surface area (Å²) in [6.07, 6.45) is 1.66. The van der Waals surface area contributed by atoms with Crippen LogP contribution >= 0.6 is 12.4 Å². The van der Waals surface area contributed by atoms with E-state index in [-0.39, 0.29) is 24.3 Å². The minimum atomic E-state index is -0.369. The van der Waals surface area contributed by atoms with Crippen LogP contribution in [0.1, 0.15) is 15.9 Å². The number of H-pyrrole nitrogens is 1. The third kappa shape index (κ3) is 3.93. The lowest BCUT2D eigenvalue weighted by Crippen LogP contribution is -2.32. The van der Waals surface area contributed by atoms with Crippen LogP contribution in [0.5, 0.6) is 0 Å². The Morgan fingerprint density at radius 1 is 1.00 bits per heavy atom. The van der Waals surface area contributed by atoms with E-state index in [0.29, 0.717) is 12.1 Å². The molecule has 0 saturated carbocycles. The highest BCUT2D eigenvalue weighted by atomic mass is 35.5. The molecule has 0 aliphatic carbocycles. The summed E-state index contributed by atoms with van der Waals surface area (Å²) >= 11 is 0. The maximum Gasteiger partial charge on any atom is 0.282 e. The molecule has 0 atom stereocenters. The average Bonchev–Trinajstić information content (AvgIpc) is 3.10. The van der Waals surface area contributed by atoms with Crippen molar-refractivity contribution in [3.05, 3.63) is 84.1 Å². The first-order valence-electron chi connectivity index (χ1n) is 8.37. The minimum Gasteiger partial charge on any atom is -0.370 e. The molecule has 0 saturated heterocycles. The van der Waals surface area contributed by atoms with Gasteiger partial charge in [-0.3, -0.25) is 4.79 Å². The van der Waals surface area contributed by atoms with Gasteiger partial charge < -0.3 is 16.0 Å². The van der Waals surface area contributed by atoms with Crippen LogP contribution in [0.3, 0.4) is 0 Å². The number of fused-ring (bicyclic) bond motifs is 2. The molecule has 1 heterocycles. The van der Waals surface area contributed by atoms with Crippen LogP contribution in [-0.4, -0.2) is 16.9 Å². The van der Waals surface area contributed by atoms with E-state index in [1.807, 2.05) is 42.5 Å². The van der Waals surface area contributed by atoms with Crippen molar-refractivity contribution >= 4 is 45.9 Å². The van der Waals surface area contributed by atoms with Gasteiger partial charge in [0.05, 0.1) is 5.56 Å². The Balaban J connectivity index is 0.00000210. The van der Waals surface area contributed by atoms with Crippen molar-refractivity contribution in [2.75, 3.05) is 0 Å². The summed E-state index contributed by atoms with van der Waals surface area (Å²) in [5.41, 5.74) is 8.37. The number of hydrogen-bond donors (Lipinski definition) is 3. The third-order valence-electron chi connectivity index (χ3n) is 4.33. The lowest BCUT2D eigenvalue weighted by Gasteiger charge is -2.06. The smallest absolute Gasteiger partial charge is 0.282 e. The van der Waals surface area contributed by atoms with E-state index in [1.54, 1.807) is 6.20 Å². The standard InChI is InChI=1S/C21H18N4O.ClH/c22-21(24-12-14-9-10-15-5-1-2-6-16(15)11-14)25-20(26)18-13-23-19-8-4-3-7-17(18)19;/h1-11,13,23H,12H2,(H3,22,24,25,26);1H. The molecular formula is C21H19ClN4O. The molecule has 4 aromatic rings. The summed E-state index contributed by atoms with van der Waals surface area (Å²) in [5.74, 6) is -0.264. The number of aliphatic imine (C=N–C) groups is 1. The second-order valence-corrected chi connectivity index (χ2v) is 6.09. The number of aromatic nitrogens is 1. The number of aromatic amines is 1. The summed E-state index contributed by atoms with van der Waals surface area (Å²) in [7, 11) is 0. The zero-order chi connectivity index (χ0) is 17.9. The van der Waals surface area contributed by atoms with Crippen molar-refractivity contribution in [3.8, 4) is 0 Å². The van der Waals surface area contributed by atoms with Gasteiger partial charge in [0, 0.05) is 23.6 Å². The zero-order valence-electron chi connectivity index (χ0n) is 14.5. The van der Waals surface area contributed by atoms with E-state index in [9.17, 15) is 4.79 Å². The van der Waals surface area contributed by atoms with E-state index in [4.69, 9.17) is 5.73 Å². The number of carbonyl (C=O) groups is 1. The highest BCUT2D eigenvalue weighted by Crippen LogP contribution is 2.18. The molecule has 0 spiro atoms. The number of para-hydroxylation sites is 1. The molecule has 6 heteroatoms. The van der Waals surface area contributed by atoms with Gasteiger partial charge in [-0.05, 0) is 28.5 Å². The van der Waals surface area contributed by atoms with E-state index < -0.39 is 0 Å². The van der Waals surface area contributed by atoms with Crippen molar-refractivity contribution in [1.29, 1.82) is 0 Å². The number of nitrogens with zero attached hydrogens (tertiary/aromatic N) is 1. The predicted molar refractivity (Wildman–Crippen MR) is 112 cm³/mol. The molecule has 4 N–H and O–H groups in total. The first kappa shape index (κ1) is 18.5. The lowest BCUT2D eigenvalue weighted by molar-refractivity contribution is 0.100. The number of rotatable bonds is 3. The number of hydrogen-bond acceptors (Lipinski definition) is 1. The maximum atomic E-state index is 12.4. The third-order valence-corrected chi connectivity index (χ3v) is 4.33. The van der Waals surface area contributed by atoms with Gasteiger partial charge in [-0.2, -0.15) is 4.99 Å². The molecule has 4 rings (SSSR count). The average molecular weight is 379 g/mol. The zero-order valence-corrected chi connectivity index (χ0v) is 15.3. The molecule has 0 bridgehead atoms. The van der Waals surface area contributed by atoms with Crippen molar-refractivity contribution in [1.82, 2.24) is 10.3 Å². The summed E-state index contributed by atoms with van der Waals surface area (Å²) in [5, 5.41) is 6.19. The topological polar surface area (TPSA) is 83.3 Å². The van der Waals surface area contributed by atoms with Crippen LogP contribution < -0.4 is 11.1 Å². The SMILES string of the molecule is Cl.NC(=NC(=O)c1c[nH]c2ccccc12)NCc1ccc2ccccc2c1. The normalized spacial score (nSPS) is 11.3. The molecule has 0 aliphatic heterocycles. The van der Waals surface area contributed by atoms with E-state index >= 15 is 0 Å². The van der Waals surface area contributed by atoms with Crippen LogP contribution in [-0.2, 0) is 6.54 Å². The molecule has 0 aliphatic rings. The van der Waals surface area contributed by atoms with E-state index in [1.165, 1.54) is 5.39 Å². The van der Waals surface area contributed by atoms with E-state index in [0.717, 1.165) is 21.9 Å². The molecule has 136 valence electrons. The predicted octanol–water partition coefficient (Wildman–Crippen LogP) is 3.99. The largest absolute Gasteiger partial charge is 0.370 e. The minimum absolute atomic E-state index is 0. The van der Waals surface area contributed by atoms with Gasteiger partial charge in [-0.25, -0.2) is 0 Å². The van der Waals surface area contributed by atoms with Crippen molar-refractivity contribution in [2.24, 2.45) is 10.7 Å². The van der Waals surface area contributed by atoms with Gasteiger partial charge in [0.1, 0.15) is 0 Å². The molecule has 0 unspecified atom stereocenters. The van der Waals surface area contributed by atoms with Crippen LogP contribution in [0, 0.1) is 0 Å². The number of benzene rings is 3. The number of halogens is 1. The molecule has 27 heavy (non-hydrogen) atoms. The van der Waals surface area contributed by atoms with Crippen LogP contribution in [0.2, 0.25) is 0 Å². The molecule has 1 amide bonds. The first-order valence-corrected chi connectivity index (χ1v) is 8.37. The highest BCUT2D eigenvalue weighted by Gasteiger charge is 2.11. The van der Waals surface area contributed by atoms with Crippen LogP contribution in [0.25, 0.3) is 21.7 Å². The molecule has 0 radical (unpaired) electrons. The number of nitrogens with one attached hydrogen (secondary N) is 2. The number of amides is 1. The molecule has 0 fully saturated rings. The molecular weight excluding hydrogens is 360 g/mol. The summed E-state index contributed by atoms with van der Waals surface area (Å²) in [6.45, 7) is 0.501. The summed E-state index contributed by atoms with van der Waals surface area (Å²) in [6, 6.07) is 22.0. The Morgan fingerprint density at radius 3 is 2.59 bits per heavy atom. The Kier molecular flexibility index (Phi) is 5.43. The molecule has 3 aromatic carbocycles. The van der Waals surface area contributed by atoms with Gasteiger partial charge in [-0.1, -0.05) is 54.6 Å². The number of carbonyl (C=O) groups excluding carboxylic acids is 1. The molecule has 1 aromatic heterocycles. The van der Waals surface area contributed by atoms with Crippen LogP contribution in [0.15, 0.2) is 77.9 Å². The summed E-state index contributed by atoms with van der Waals surface area (Å²) < 4.78 is 0. The summed E-state index contributed by atoms with van der Waals surface area (Å²) in [4.78, 5) is 19.4. The van der Waals surface area contributed by atoms with Gasteiger partial charge >= 0.3 is 0 Å². The highest BCUT2D eigenvalue weighted by molar-refractivity contribution is 6.10. The van der Waals surface area contributed by atoms with Crippen molar-refractivity contribution in [2.45, 2.75) is 6.54 Å². The lowest BCUT2D eigenvalue weighted by atomic mass is 10.1. The Bertz CT molecular complexity index is 1130. The molecule has 5 nitrogen and oxygen atoms in total. The monoisotopic (exact) mass is 378 g/mol. The van der Waals surface area contributed by atoms with Gasteiger partial charge in [0.25, 0.3) is 5.91 Å². The second kappa shape index (κ2) is 7.93. The Labute approximate surface area is 162 Å². The van der Waals surface area contributed by atoms with E-state index in [2.05, 4.69) is 39.6 Å². The quantitative estimate of drug-likeness (QED) is 0.372.